The van der Waals surface area contributed by atoms with Crippen molar-refractivity contribution in [2.45, 2.75) is 83.5 Å². The normalized spacial score (nSPS) is 12.7. The van der Waals surface area contributed by atoms with Gasteiger partial charge >= 0.3 is 0 Å². The number of nitrogens with zero attached hydrogens (tertiary/aromatic N) is 4. The third-order valence-corrected chi connectivity index (χ3v) is 12.9. The summed E-state index contributed by atoms with van der Waals surface area (Å²) in [6.45, 7) is 4.52. The Bertz CT molecular complexity index is 2690. The van der Waals surface area contributed by atoms with Crippen LogP contribution in [0.15, 0.2) is 152 Å². The van der Waals surface area contributed by atoms with Gasteiger partial charge in [-0.05, 0) is 70.3 Å². The largest absolute Gasteiger partial charge is 0.304 e. The van der Waals surface area contributed by atoms with Gasteiger partial charge in [0.2, 0.25) is 0 Å². The number of rotatable bonds is 14. The van der Waals surface area contributed by atoms with Gasteiger partial charge in [-0.3, -0.25) is 0 Å². The van der Waals surface area contributed by atoms with E-state index in [9.17, 15) is 0 Å². The number of aromatic nitrogens is 4. The first kappa shape index (κ1) is 41.5. The van der Waals surface area contributed by atoms with Crippen LogP contribution in [-0.2, 0) is 38.4 Å². The minimum atomic E-state index is -0.416. The molecule has 5 heteroatoms. The molecule has 0 fully saturated rings. The molecular formula is C57H51IrN4-. The van der Waals surface area contributed by atoms with E-state index in [0.29, 0.717) is 17.5 Å². The maximum absolute atomic E-state index is 5.08. The van der Waals surface area contributed by atoms with Crippen LogP contribution in [-0.4, -0.2) is 19.9 Å². The summed E-state index contributed by atoms with van der Waals surface area (Å²) in [5.41, 5.74) is 17.2. The molecule has 2 aromatic heterocycles. The van der Waals surface area contributed by atoms with E-state index >= 15 is 0 Å². The van der Waals surface area contributed by atoms with E-state index in [0.717, 1.165) is 40.8 Å². The van der Waals surface area contributed by atoms with Crippen LogP contribution < -0.4 is 0 Å². The van der Waals surface area contributed by atoms with Gasteiger partial charge in [0, 0.05) is 43.0 Å². The molecule has 4 nitrogen and oxygen atoms in total. The van der Waals surface area contributed by atoms with Crippen LogP contribution in [0, 0.1) is 6.07 Å². The molecule has 0 bridgehead atoms. The molecule has 8 aromatic rings. The van der Waals surface area contributed by atoms with Crippen LogP contribution in [0.2, 0.25) is 0 Å². The van der Waals surface area contributed by atoms with Gasteiger partial charge in [0.25, 0.3) is 0 Å². The molecule has 0 aliphatic heterocycles. The van der Waals surface area contributed by atoms with Gasteiger partial charge in [-0.15, -0.1) is 29.3 Å². The van der Waals surface area contributed by atoms with Crippen molar-refractivity contribution in [3.05, 3.63) is 191 Å². The fourth-order valence-electron chi connectivity index (χ4n) is 9.78. The van der Waals surface area contributed by atoms with Crippen LogP contribution in [0.3, 0.4) is 0 Å². The maximum Gasteiger partial charge on any atom is 0.165 e. The van der Waals surface area contributed by atoms with Crippen molar-refractivity contribution < 1.29 is 20.1 Å². The molecular weight excluding hydrogens is 933 g/mol. The number of hydrogen-bond acceptors (Lipinski definition) is 4. The van der Waals surface area contributed by atoms with Crippen molar-refractivity contribution in [3.8, 4) is 67.7 Å². The SMILES string of the molecule is CCCCCCc1ccc(-c2nc(-c3ccc(CCCCCC)cc3)nc(-c3ccc(-c4[c-]cc5c(c4)C4(c6ccccc6-c6ccccc64)c4ccccc4-5)nc3)n2)cc1.[Ir]. The molecule has 0 N–H and O–H groups in total. The summed E-state index contributed by atoms with van der Waals surface area (Å²) >= 11 is 0. The Morgan fingerprint density at radius 1 is 0.452 bits per heavy atom. The number of aryl methyl sites for hydroxylation is 2. The summed E-state index contributed by atoms with van der Waals surface area (Å²) in [7, 11) is 0. The summed E-state index contributed by atoms with van der Waals surface area (Å²) in [5, 5.41) is 0. The molecule has 2 aliphatic carbocycles. The van der Waals surface area contributed by atoms with Crippen LogP contribution >= 0.6 is 0 Å². The van der Waals surface area contributed by atoms with E-state index < -0.39 is 5.41 Å². The van der Waals surface area contributed by atoms with Gasteiger partial charge in [-0.1, -0.05) is 197 Å². The molecule has 6 aromatic carbocycles. The Morgan fingerprint density at radius 2 is 0.903 bits per heavy atom. The maximum atomic E-state index is 5.08. The second-order valence-corrected chi connectivity index (χ2v) is 16.8. The predicted molar refractivity (Wildman–Crippen MR) is 250 cm³/mol. The van der Waals surface area contributed by atoms with Crippen molar-refractivity contribution in [1.29, 1.82) is 0 Å². The van der Waals surface area contributed by atoms with Gasteiger partial charge in [0.05, 0.1) is 5.41 Å². The van der Waals surface area contributed by atoms with Crippen molar-refractivity contribution in [2.75, 3.05) is 0 Å². The van der Waals surface area contributed by atoms with Crippen LogP contribution in [0.4, 0.5) is 0 Å². The Kier molecular flexibility index (Phi) is 12.2. The monoisotopic (exact) mass is 984 g/mol. The molecule has 309 valence electrons. The molecule has 0 saturated heterocycles. The molecule has 0 unspecified atom stereocenters. The van der Waals surface area contributed by atoms with Crippen LogP contribution in [0.25, 0.3) is 67.7 Å². The van der Waals surface area contributed by atoms with Crippen LogP contribution in [0.5, 0.6) is 0 Å². The number of fused-ring (bicyclic) bond motifs is 10. The van der Waals surface area contributed by atoms with E-state index in [1.807, 2.05) is 6.20 Å². The molecule has 62 heavy (non-hydrogen) atoms. The topological polar surface area (TPSA) is 51.6 Å². The first-order chi connectivity index (χ1) is 30.1. The fourth-order valence-corrected chi connectivity index (χ4v) is 9.78. The summed E-state index contributed by atoms with van der Waals surface area (Å²) in [6.07, 6.45) is 14.1. The molecule has 10 rings (SSSR count). The Labute approximate surface area is 380 Å². The molecule has 0 saturated carbocycles. The fraction of sp³-hybridized carbons (Fsp3) is 0.228. The third kappa shape index (κ3) is 7.56. The van der Waals surface area contributed by atoms with Gasteiger partial charge in [-0.25, -0.2) is 15.0 Å². The van der Waals surface area contributed by atoms with Crippen molar-refractivity contribution in [2.24, 2.45) is 0 Å². The van der Waals surface area contributed by atoms with Crippen molar-refractivity contribution in [3.63, 3.8) is 0 Å². The molecule has 2 aliphatic rings. The summed E-state index contributed by atoms with van der Waals surface area (Å²) in [6, 6.07) is 56.6. The van der Waals surface area contributed by atoms with Crippen molar-refractivity contribution in [1.82, 2.24) is 19.9 Å². The third-order valence-electron chi connectivity index (χ3n) is 12.9. The second-order valence-electron chi connectivity index (χ2n) is 16.8. The second kappa shape index (κ2) is 18.2. The molecule has 2 heterocycles. The van der Waals surface area contributed by atoms with Gasteiger partial charge < -0.3 is 4.98 Å². The minimum absolute atomic E-state index is 0. The zero-order valence-electron chi connectivity index (χ0n) is 35.6. The Hall–Kier alpha value is -5.87. The van der Waals surface area contributed by atoms with E-state index in [4.69, 9.17) is 19.9 Å². The zero-order valence-corrected chi connectivity index (χ0v) is 38.0. The standard InChI is InChI=1S/C57H51N4.Ir/c1-3-5-7-9-17-39-25-29-41(30-26-39)54-59-55(42-31-27-40(28-32-42)18-10-8-6-4-2)61-56(60-54)44-34-36-53(58-38-44)43-33-35-48-47-21-13-16-24-51(47)57(52(48)37-43)49-22-14-11-19-45(49)46-20-12-15-23-50(46)57;/h11-16,19-32,34-38H,3-10,17-18H2,1-2H3;/q-1;. The van der Waals surface area contributed by atoms with E-state index in [2.05, 4.69) is 166 Å². The number of pyridine rings is 1. The van der Waals surface area contributed by atoms with Gasteiger partial charge in [0.15, 0.2) is 17.5 Å². The summed E-state index contributed by atoms with van der Waals surface area (Å²) in [4.78, 5) is 20.3. The summed E-state index contributed by atoms with van der Waals surface area (Å²) < 4.78 is 0. The minimum Gasteiger partial charge on any atom is -0.304 e. The van der Waals surface area contributed by atoms with Gasteiger partial charge in [-0.2, -0.15) is 0 Å². The van der Waals surface area contributed by atoms with E-state index in [-0.39, 0.29) is 20.1 Å². The Morgan fingerprint density at radius 3 is 1.37 bits per heavy atom. The number of hydrogen-bond donors (Lipinski definition) is 0. The van der Waals surface area contributed by atoms with Gasteiger partial charge in [0.1, 0.15) is 0 Å². The average Bonchev–Trinajstić information content (AvgIpc) is 3.79. The first-order valence-corrected chi connectivity index (χ1v) is 22.4. The number of unbranched alkanes of at least 4 members (excludes halogenated alkanes) is 6. The van der Waals surface area contributed by atoms with E-state index in [1.165, 1.54) is 107 Å². The zero-order chi connectivity index (χ0) is 41.2. The van der Waals surface area contributed by atoms with E-state index in [1.54, 1.807) is 0 Å². The molecule has 1 radical (unpaired) electrons. The molecule has 1 spiro atoms. The average molecular weight is 984 g/mol. The molecule has 0 atom stereocenters. The summed E-state index contributed by atoms with van der Waals surface area (Å²) in [5.74, 6) is 1.94. The van der Waals surface area contributed by atoms with Crippen LogP contribution in [0.1, 0.15) is 98.6 Å². The predicted octanol–water partition coefficient (Wildman–Crippen LogP) is 14.3. The molecule has 0 amide bonds. The smallest absolute Gasteiger partial charge is 0.165 e. The Balaban J connectivity index is 0.00000490. The number of benzene rings is 6. The first-order valence-electron chi connectivity index (χ1n) is 22.4. The van der Waals surface area contributed by atoms with Crippen molar-refractivity contribution >= 4 is 0 Å². The quantitative estimate of drug-likeness (QED) is 0.0805.